The number of fused-ring (bicyclic) bond motifs is 1. The van der Waals surface area contributed by atoms with Gasteiger partial charge < -0.3 is 10.5 Å². The number of nitrogens with two attached hydrogens (primary N) is 1. The van der Waals surface area contributed by atoms with Crippen molar-refractivity contribution in [1.82, 2.24) is 10.2 Å². The SMILES string of the molecule is Nc1nnc(SCC(=O)c2ccc3c(c2)CCO3)s1. The summed E-state index contributed by atoms with van der Waals surface area (Å²) in [7, 11) is 0. The van der Waals surface area contributed by atoms with Crippen molar-refractivity contribution in [2.24, 2.45) is 0 Å². The summed E-state index contributed by atoms with van der Waals surface area (Å²) in [6.45, 7) is 0.700. The maximum absolute atomic E-state index is 12.1. The Kier molecular flexibility index (Phi) is 3.39. The molecule has 0 saturated heterocycles. The normalized spacial score (nSPS) is 13.1. The Morgan fingerprint density at radius 2 is 2.37 bits per heavy atom. The molecule has 98 valence electrons. The molecule has 0 aliphatic carbocycles. The second-order valence-electron chi connectivity index (χ2n) is 4.04. The van der Waals surface area contributed by atoms with Crippen molar-refractivity contribution in [2.45, 2.75) is 10.8 Å². The summed E-state index contributed by atoms with van der Waals surface area (Å²) in [4.78, 5) is 12.1. The van der Waals surface area contributed by atoms with E-state index in [0.29, 0.717) is 23.1 Å². The molecule has 1 aliphatic heterocycles. The minimum atomic E-state index is 0.0773. The minimum Gasteiger partial charge on any atom is -0.493 e. The minimum absolute atomic E-state index is 0.0773. The number of ether oxygens (including phenoxy) is 1. The third-order valence-corrected chi connectivity index (χ3v) is 4.65. The lowest BCUT2D eigenvalue weighted by Crippen LogP contribution is -2.02. The Morgan fingerprint density at radius 1 is 1.47 bits per heavy atom. The van der Waals surface area contributed by atoms with Crippen LogP contribution in [0.2, 0.25) is 0 Å². The number of hydrogen-bond acceptors (Lipinski definition) is 7. The average molecular weight is 293 g/mol. The first-order valence-electron chi connectivity index (χ1n) is 5.73. The largest absolute Gasteiger partial charge is 0.493 e. The summed E-state index contributed by atoms with van der Waals surface area (Å²) in [6, 6.07) is 5.59. The number of rotatable bonds is 4. The van der Waals surface area contributed by atoms with Gasteiger partial charge in [0.15, 0.2) is 10.1 Å². The Labute approximate surface area is 118 Å². The van der Waals surface area contributed by atoms with Gasteiger partial charge in [0.1, 0.15) is 5.75 Å². The van der Waals surface area contributed by atoms with E-state index in [1.165, 1.54) is 23.1 Å². The number of carbonyl (C=O) groups is 1. The molecule has 19 heavy (non-hydrogen) atoms. The number of carbonyl (C=O) groups excluding carboxylic acids is 1. The van der Waals surface area contributed by atoms with Crippen molar-refractivity contribution in [1.29, 1.82) is 0 Å². The Hall–Kier alpha value is -1.60. The van der Waals surface area contributed by atoms with Crippen LogP contribution in [0.25, 0.3) is 0 Å². The molecule has 5 nitrogen and oxygen atoms in total. The number of hydrogen-bond donors (Lipinski definition) is 1. The quantitative estimate of drug-likeness (QED) is 0.686. The topological polar surface area (TPSA) is 78.1 Å². The van der Waals surface area contributed by atoms with Crippen LogP contribution in [-0.4, -0.2) is 28.3 Å². The summed E-state index contributed by atoms with van der Waals surface area (Å²) < 4.78 is 6.14. The van der Waals surface area contributed by atoms with Gasteiger partial charge in [0.2, 0.25) is 5.13 Å². The highest BCUT2D eigenvalue weighted by atomic mass is 32.2. The fraction of sp³-hybridized carbons (Fsp3) is 0.250. The molecule has 1 aromatic carbocycles. The molecule has 3 rings (SSSR count). The third kappa shape index (κ3) is 2.71. The molecule has 0 amide bonds. The van der Waals surface area contributed by atoms with Crippen LogP contribution in [0.4, 0.5) is 5.13 Å². The zero-order valence-electron chi connectivity index (χ0n) is 9.96. The van der Waals surface area contributed by atoms with Crippen molar-refractivity contribution < 1.29 is 9.53 Å². The summed E-state index contributed by atoms with van der Waals surface area (Å²) in [5.74, 6) is 1.31. The first kappa shape index (κ1) is 12.4. The van der Waals surface area contributed by atoms with Crippen LogP contribution in [0.5, 0.6) is 5.75 Å². The highest BCUT2D eigenvalue weighted by Gasteiger charge is 2.15. The first-order valence-corrected chi connectivity index (χ1v) is 7.53. The third-order valence-electron chi connectivity index (χ3n) is 2.76. The lowest BCUT2D eigenvalue weighted by Gasteiger charge is -2.02. The van der Waals surface area contributed by atoms with Crippen molar-refractivity contribution in [3.8, 4) is 5.75 Å². The van der Waals surface area contributed by atoms with Crippen LogP contribution in [0.3, 0.4) is 0 Å². The zero-order chi connectivity index (χ0) is 13.2. The highest BCUT2D eigenvalue weighted by Crippen LogP contribution is 2.28. The predicted octanol–water partition coefficient (Wildman–Crippen LogP) is 2.03. The molecule has 2 heterocycles. The van der Waals surface area contributed by atoms with Crippen molar-refractivity contribution in [2.75, 3.05) is 18.1 Å². The molecular formula is C12H11N3O2S2. The van der Waals surface area contributed by atoms with Gasteiger partial charge in [0.25, 0.3) is 0 Å². The lowest BCUT2D eigenvalue weighted by molar-refractivity contribution is 0.102. The number of thioether (sulfide) groups is 1. The molecule has 0 unspecified atom stereocenters. The fourth-order valence-electron chi connectivity index (χ4n) is 1.85. The Bertz CT molecular complexity index is 627. The molecule has 0 spiro atoms. The molecule has 1 aromatic heterocycles. The van der Waals surface area contributed by atoms with E-state index in [1.54, 1.807) is 0 Å². The van der Waals surface area contributed by atoms with Gasteiger partial charge in [-0.1, -0.05) is 23.1 Å². The molecule has 0 atom stereocenters. The van der Waals surface area contributed by atoms with Crippen LogP contribution in [0, 0.1) is 0 Å². The summed E-state index contributed by atoms with van der Waals surface area (Å²) in [5, 5.41) is 8.01. The van der Waals surface area contributed by atoms with Crippen LogP contribution in [-0.2, 0) is 6.42 Å². The second-order valence-corrected chi connectivity index (χ2v) is 6.27. The van der Waals surface area contributed by atoms with Crippen LogP contribution in [0.15, 0.2) is 22.5 Å². The average Bonchev–Trinajstić information content (AvgIpc) is 3.03. The number of benzene rings is 1. The van der Waals surface area contributed by atoms with Gasteiger partial charge in [-0.05, 0) is 23.8 Å². The van der Waals surface area contributed by atoms with E-state index in [1.807, 2.05) is 18.2 Å². The number of nitrogen functional groups attached to an aromatic ring is 1. The zero-order valence-corrected chi connectivity index (χ0v) is 11.6. The van der Waals surface area contributed by atoms with Crippen molar-refractivity contribution in [3.63, 3.8) is 0 Å². The van der Waals surface area contributed by atoms with Gasteiger partial charge in [0.05, 0.1) is 12.4 Å². The van der Waals surface area contributed by atoms with E-state index in [2.05, 4.69) is 10.2 Å². The Morgan fingerprint density at radius 3 is 3.16 bits per heavy atom. The molecule has 0 radical (unpaired) electrons. The molecule has 0 bridgehead atoms. The molecule has 0 fully saturated rings. The van der Waals surface area contributed by atoms with E-state index in [-0.39, 0.29) is 5.78 Å². The smallest absolute Gasteiger partial charge is 0.203 e. The molecule has 7 heteroatoms. The predicted molar refractivity (Wildman–Crippen MR) is 75.0 cm³/mol. The van der Waals surface area contributed by atoms with Gasteiger partial charge in [-0.15, -0.1) is 10.2 Å². The molecular weight excluding hydrogens is 282 g/mol. The van der Waals surface area contributed by atoms with Gasteiger partial charge in [-0.25, -0.2) is 0 Å². The maximum atomic E-state index is 12.1. The standard InChI is InChI=1S/C12H11N3O2S2/c13-11-14-15-12(19-11)18-6-9(16)7-1-2-10-8(5-7)3-4-17-10/h1-2,5H,3-4,6H2,(H2,13,14). The van der Waals surface area contributed by atoms with Gasteiger partial charge in [-0.2, -0.15) is 0 Å². The van der Waals surface area contributed by atoms with Gasteiger partial charge in [0, 0.05) is 12.0 Å². The monoisotopic (exact) mass is 293 g/mol. The van der Waals surface area contributed by atoms with Crippen LogP contribution in [0.1, 0.15) is 15.9 Å². The summed E-state index contributed by atoms with van der Waals surface area (Å²) >= 11 is 2.65. The number of aromatic nitrogens is 2. The van der Waals surface area contributed by atoms with Crippen molar-refractivity contribution in [3.05, 3.63) is 29.3 Å². The summed E-state index contributed by atoms with van der Waals surface area (Å²) in [5.41, 5.74) is 7.31. The van der Waals surface area contributed by atoms with E-state index in [4.69, 9.17) is 10.5 Å². The number of anilines is 1. The molecule has 2 N–H and O–H groups in total. The van der Waals surface area contributed by atoms with E-state index in [9.17, 15) is 4.79 Å². The fourth-order valence-corrected chi connectivity index (χ4v) is 3.38. The number of nitrogens with zero attached hydrogens (tertiary/aromatic N) is 2. The maximum Gasteiger partial charge on any atom is 0.203 e. The van der Waals surface area contributed by atoms with E-state index < -0.39 is 0 Å². The number of Topliss-reactive ketones (excluding diaryl/α,β-unsaturated/α-hetero) is 1. The molecule has 2 aromatic rings. The second kappa shape index (κ2) is 5.18. The van der Waals surface area contributed by atoms with Crippen LogP contribution < -0.4 is 10.5 Å². The van der Waals surface area contributed by atoms with Crippen LogP contribution >= 0.6 is 23.1 Å². The van der Waals surface area contributed by atoms with Gasteiger partial charge >= 0.3 is 0 Å². The summed E-state index contributed by atoms with van der Waals surface area (Å²) in [6.07, 6.45) is 0.872. The molecule has 1 aliphatic rings. The molecule has 0 saturated carbocycles. The van der Waals surface area contributed by atoms with E-state index >= 15 is 0 Å². The lowest BCUT2D eigenvalue weighted by atomic mass is 10.1. The first-order chi connectivity index (χ1) is 9.22. The van der Waals surface area contributed by atoms with Gasteiger partial charge in [-0.3, -0.25) is 4.79 Å². The number of ketones is 1. The Balaban J connectivity index is 1.67. The highest BCUT2D eigenvalue weighted by molar-refractivity contribution is 8.01. The van der Waals surface area contributed by atoms with E-state index in [0.717, 1.165) is 22.1 Å². The van der Waals surface area contributed by atoms with Crippen molar-refractivity contribution >= 4 is 34.0 Å².